The summed E-state index contributed by atoms with van der Waals surface area (Å²) in [7, 11) is 1.65. The summed E-state index contributed by atoms with van der Waals surface area (Å²) in [6.45, 7) is 1.08. The van der Waals surface area contributed by atoms with Crippen molar-refractivity contribution in [1.29, 1.82) is 0 Å². The molecule has 1 saturated heterocycles. The fourth-order valence-corrected chi connectivity index (χ4v) is 4.44. The maximum absolute atomic E-state index is 13.4. The monoisotopic (exact) mass is 411 g/mol. The number of nitrogens with zero attached hydrogens (tertiary/aromatic N) is 1. The van der Waals surface area contributed by atoms with E-state index in [1.54, 1.807) is 24.1 Å². The van der Waals surface area contributed by atoms with E-state index in [2.05, 4.69) is 10.6 Å². The van der Waals surface area contributed by atoms with E-state index in [4.69, 9.17) is 4.74 Å². The van der Waals surface area contributed by atoms with E-state index in [0.29, 0.717) is 38.0 Å². The fourth-order valence-electron chi connectivity index (χ4n) is 4.44. The van der Waals surface area contributed by atoms with Crippen LogP contribution in [0, 0.1) is 5.82 Å². The van der Waals surface area contributed by atoms with E-state index >= 15 is 0 Å². The second-order valence-corrected chi connectivity index (χ2v) is 8.03. The Hall–Kier alpha value is -3.09. The number of anilines is 1. The first kappa shape index (κ1) is 20.2. The molecular weight excluding hydrogens is 385 g/mol. The number of hydrogen-bond donors (Lipinski definition) is 2. The maximum atomic E-state index is 13.4. The number of carbonyl (C=O) groups is 2. The molecule has 2 N–H and O–H groups in total. The summed E-state index contributed by atoms with van der Waals surface area (Å²) < 4.78 is 19.8. The molecule has 0 bridgehead atoms. The second-order valence-electron chi connectivity index (χ2n) is 8.03. The third-order valence-corrected chi connectivity index (χ3v) is 6.05. The quantitative estimate of drug-likeness (QED) is 0.805. The van der Waals surface area contributed by atoms with Crippen molar-refractivity contribution in [2.24, 2.45) is 0 Å². The molecule has 0 radical (unpaired) electrons. The molecule has 1 spiro atoms. The summed E-state index contributed by atoms with van der Waals surface area (Å²) in [6.07, 6.45) is 2.53. The Kier molecular flexibility index (Phi) is 5.61. The van der Waals surface area contributed by atoms with Gasteiger partial charge in [0.2, 0.25) is 5.91 Å². The molecule has 0 unspecified atom stereocenters. The van der Waals surface area contributed by atoms with Crippen LogP contribution in [0.2, 0.25) is 0 Å². The lowest BCUT2D eigenvalue weighted by Gasteiger charge is -2.46. The molecule has 2 aromatic rings. The molecule has 6 nitrogen and oxygen atoms in total. The van der Waals surface area contributed by atoms with Crippen LogP contribution in [-0.2, 0) is 4.79 Å². The molecule has 4 rings (SSSR count). The van der Waals surface area contributed by atoms with Gasteiger partial charge < -0.3 is 20.3 Å². The third kappa shape index (κ3) is 4.25. The smallest absolute Gasteiger partial charge is 0.321 e. The zero-order chi connectivity index (χ0) is 21.1. The number of rotatable bonds is 3. The first-order chi connectivity index (χ1) is 14.5. The number of likely N-dealkylation sites (tertiary alicyclic amines) is 1. The standard InChI is InChI=1S/C23H26FN3O3/c1-25-21(28)13-16-15-23(30-20-8-3-2-7-19(16)20)9-11-27(12-10-23)22(29)26-18-6-4-5-17(24)14-18/h2-8,14,16H,9-13,15H2,1H3,(H,25,28)(H,26,29)/t16-/m1/s1. The summed E-state index contributed by atoms with van der Waals surface area (Å²) in [6, 6.07) is 13.5. The zero-order valence-corrected chi connectivity index (χ0v) is 17.0. The molecule has 1 atom stereocenters. The van der Waals surface area contributed by atoms with E-state index in [1.165, 1.54) is 12.1 Å². The van der Waals surface area contributed by atoms with Crippen molar-refractivity contribution in [3.05, 3.63) is 59.9 Å². The van der Waals surface area contributed by atoms with Gasteiger partial charge in [-0.3, -0.25) is 4.79 Å². The van der Waals surface area contributed by atoms with Crippen molar-refractivity contribution >= 4 is 17.6 Å². The Bertz CT molecular complexity index is 941. The highest BCUT2D eigenvalue weighted by atomic mass is 19.1. The van der Waals surface area contributed by atoms with E-state index in [0.717, 1.165) is 17.7 Å². The van der Waals surface area contributed by atoms with Crippen molar-refractivity contribution in [3.63, 3.8) is 0 Å². The predicted octanol–water partition coefficient (Wildman–Crippen LogP) is 3.89. The zero-order valence-electron chi connectivity index (χ0n) is 17.0. The number of fused-ring (bicyclic) bond motifs is 1. The largest absolute Gasteiger partial charge is 0.487 e. The maximum Gasteiger partial charge on any atom is 0.321 e. The summed E-state index contributed by atoms with van der Waals surface area (Å²) >= 11 is 0. The van der Waals surface area contributed by atoms with Crippen LogP contribution in [-0.4, -0.2) is 42.6 Å². The third-order valence-electron chi connectivity index (χ3n) is 6.05. The van der Waals surface area contributed by atoms with Gasteiger partial charge in [-0.05, 0) is 36.2 Å². The molecule has 7 heteroatoms. The number of nitrogens with one attached hydrogen (secondary N) is 2. The van der Waals surface area contributed by atoms with E-state index in [9.17, 15) is 14.0 Å². The highest BCUT2D eigenvalue weighted by molar-refractivity contribution is 5.89. The summed E-state index contributed by atoms with van der Waals surface area (Å²) in [5.74, 6) is 0.540. The van der Waals surface area contributed by atoms with Gasteiger partial charge in [0.1, 0.15) is 17.2 Å². The molecule has 2 aromatic carbocycles. The van der Waals surface area contributed by atoms with Crippen molar-refractivity contribution in [1.82, 2.24) is 10.2 Å². The molecular formula is C23H26FN3O3. The number of hydrogen-bond acceptors (Lipinski definition) is 3. The predicted molar refractivity (Wildman–Crippen MR) is 112 cm³/mol. The van der Waals surface area contributed by atoms with Gasteiger partial charge in [0, 0.05) is 51.0 Å². The molecule has 2 aliphatic rings. The minimum absolute atomic E-state index is 0.0127. The van der Waals surface area contributed by atoms with Gasteiger partial charge in [-0.1, -0.05) is 24.3 Å². The van der Waals surface area contributed by atoms with E-state index < -0.39 is 0 Å². The highest BCUT2D eigenvalue weighted by Gasteiger charge is 2.44. The molecule has 0 aliphatic carbocycles. The number of amides is 3. The highest BCUT2D eigenvalue weighted by Crippen LogP contribution is 2.46. The minimum Gasteiger partial charge on any atom is -0.487 e. The first-order valence-electron chi connectivity index (χ1n) is 10.3. The van der Waals surface area contributed by atoms with E-state index in [1.807, 2.05) is 24.3 Å². The lowest BCUT2D eigenvalue weighted by atomic mass is 9.76. The Balaban J connectivity index is 1.44. The van der Waals surface area contributed by atoms with Gasteiger partial charge in [-0.25, -0.2) is 9.18 Å². The van der Waals surface area contributed by atoms with Gasteiger partial charge in [0.15, 0.2) is 0 Å². The fraction of sp³-hybridized carbons (Fsp3) is 0.391. The Morgan fingerprint density at radius 1 is 1.17 bits per heavy atom. The average Bonchev–Trinajstić information content (AvgIpc) is 2.74. The molecule has 0 saturated carbocycles. The number of carbonyl (C=O) groups excluding carboxylic acids is 2. The average molecular weight is 411 g/mol. The lowest BCUT2D eigenvalue weighted by molar-refractivity contribution is -0.121. The van der Waals surface area contributed by atoms with Crippen molar-refractivity contribution in [3.8, 4) is 5.75 Å². The number of benzene rings is 2. The van der Waals surface area contributed by atoms with Gasteiger partial charge >= 0.3 is 6.03 Å². The van der Waals surface area contributed by atoms with Crippen LogP contribution < -0.4 is 15.4 Å². The van der Waals surface area contributed by atoms with Crippen molar-refractivity contribution in [2.45, 2.75) is 37.2 Å². The van der Waals surface area contributed by atoms with E-state index in [-0.39, 0.29) is 29.3 Å². The summed E-state index contributed by atoms with van der Waals surface area (Å²) in [5.41, 5.74) is 1.12. The van der Waals surface area contributed by atoms with Gasteiger partial charge in [-0.15, -0.1) is 0 Å². The molecule has 30 heavy (non-hydrogen) atoms. The lowest BCUT2D eigenvalue weighted by Crippen LogP contribution is -2.52. The molecule has 0 aromatic heterocycles. The topological polar surface area (TPSA) is 70.7 Å². The summed E-state index contributed by atoms with van der Waals surface area (Å²) in [5, 5.41) is 5.47. The van der Waals surface area contributed by atoms with Crippen LogP contribution in [0.3, 0.4) is 0 Å². The number of urea groups is 1. The number of ether oxygens (including phenoxy) is 1. The molecule has 3 amide bonds. The van der Waals surface area contributed by atoms with Crippen molar-refractivity contribution < 1.29 is 18.7 Å². The molecule has 2 heterocycles. The Labute approximate surface area is 175 Å². The van der Waals surface area contributed by atoms with Crippen LogP contribution in [0.15, 0.2) is 48.5 Å². The van der Waals surface area contributed by atoms with Crippen LogP contribution >= 0.6 is 0 Å². The van der Waals surface area contributed by atoms with Crippen LogP contribution in [0.4, 0.5) is 14.9 Å². The SMILES string of the molecule is CNC(=O)C[C@@H]1CC2(CCN(C(=O)Nc3cccc(F)c3)CC2)Oc2ccccc21. The normalized spacial score (nSPS) is 19.5. The minimum atomic E-state index is -0.387. The molecule has 1 fully saturated rings. The Morgan fingerprint density at radius 2 is 1.93 bits per heavy atom. The number of piperidine rings is 1. The van der Waals surface area contributed by atoms with Gasteiger partial charge in [0.05, 0.1) is 0 Å². The number of halogens is 1. The summed E-state index contributed by atoms with van der Waals surface area (Å²) in [4.78, 5) is 26.4. The van der Waals surface area contributed by atoms with Crippen LogP contribution in [0.5, 0.6) is 5.75 Å². The number of para-hydroxylation sites is 1. The second kappa shape index (κ2) is 8.34. The van der Waals surface area contributed by atoms with Crippen LogP contribution in [0.1, 0.15) is 37.2 Å². The first-order valence-corrected chi connectivity index (χ1v) is 10.3. The van der Waals surface area contributed by atoms with Gasteiger partial charge in [0.25, 0.3) is 0 Å². The van der Waals surface area contributed by atoms with Gasteiger partial charge in [-0.2, -0.15) is 0 Å². The Morgan fingerprint density at radius 3 is 2.67 bits per heavy atom. The molecule has 158 valence electrons. The van der Waals surface area contributed by atoms with Crippen LogP contribution in [0.25, 0.3) is 0 Å². The van der Waals surface area contributed by atoms with Crippen molar-refractivity contribution in [2.75, 3.05) is 25.5 Å². The molecule has 2 aliphatic heterocycles.